The molecule has 1 unspecified atom stereocenters. The van der Waals surface area contributed by atoms with Gasteiger partial charge in [0.15, 0.2) is 0 Å². The molecule has 2 aromatic rings. The van der Waals surface area contributed by atoms with Crippen molar-refractivity contribution in [2.45, 2.75) is 19.9 Å². The Kier molecular flexibility index (Phi) is 6.47. The standard InChI is InChI=1S/C21H25ClFN3O/c1-3-25(4-2)11-12-26-19-10-9-15(22)13-17(19)21(24-14-20(26)27)16-7-5-6-8-18(16)23/h5-10,13,21,24H,3-4,11-12,14H2,1-2H3. The highest BCUT2D eigenvalue weighted by atomic mass is 35.5. The maximum Gasteiger partial charge on any atom is 0.241 e. The molecule has 0 radical (unpaired) electrons. The zero-order valence-electron chi connectivity index (χ0n) is 15.7. The number of amides is 1. The Morgan fingerprint density at radius 2 is 1.93 bits per heavy atom. The molecule has 1 N–H and O–H groups in total. The van der Waals surface area contributed by atoms with Gasteiger partial charge in [-0.3, -0.25) is 10.1 Å². The van der Waals surface area contributed by atoms with Crippen molar-refractivity contribution in [1.82, 2.24) is 10.2 Å². The van der Waals surface area contributed by atoms with E-state index in [0.29, 0.717) is 17.1 Å². The van der Waals surface area contributed by atoms with Crippen LogP contribution in [0.4, 0.5) is 10.1 Å². The third-order valence-electron chi connectivity index (χ3n) is 5.10. The molecule has 0 bridgehead atoms. The van der Waals surface area contributed by atoms with E-state index in [1.54, 1.807) is 29.2 Å². The van der Waals surface area contributed by atoms with Gasteiger partial charge >= 0.3 is 0 Å². The molecule has 2 aromatic carbocycles. The Balaban J connectivity index is 2.01. The number of carbonyl (C=O) groups is 1. The first-order chi connectivity index (χ1) is 13.0. The predicted octanol–water partition coefficient (Wildman–Crippen LogP) is 3.85. The van der Waals surface area contributed by atoms with Crippen LogP contribution in [0.3, 0.4) is 0 Å². The van der Waals surface area contributed by atoms with E-state index >= 15 is 0 Å². The van der Waals surface area contributed by atoms with Crippen LogP contribution in [0.2, 0.25) is 5.02 Å². The van der Waals surface area contributed by atoms with E-state index in [1.165, 1.54) is 6.07 Å². The number of hydrogen-bond acceptors (Lipinski definition) is 3. The largest absolute Gasteiger partial charge is 0.310 e. The second-order valence-corrected chi connectivity index (χ2v) is 7.05. The second kappa shape index (κ2) is 8.83. The van der Waals surface area contributed by atoms with Crippen LogP contribution in [-0.4, -0.2) is 43.5 Å². The third-order valence-corrected chi connectivity index (χ3v) is 5.34. The lowest BCUT2D eigenvalue weighted by Crippen LogP contribution is -2.41. The zero-order chi connectivity index (χ0) is 19.4. The number of hydrogen-bond donors (Lipinski definition) is 1. The summed E-state index contributed by atoms with van der Waals surface area (Å²) in [5.41, 5.74) is 2.12. The minimum Gasteiger partial charge on any atom is -0.310 e. The Bertz CT molecular complexity index is 810. The third kappa shape index (κ3) is 4.32. The minimum absolute atomic E-state index is 0.0235. The molecule has 1 atom stereocenters. The van der Waals surface area contributed by atoms with Crippen molar-refractivity contribution in [2.75, 3.05) is 37.6 Å². The Labute approximate surface area is 164 Å². The Morgan fingerprint density at radius 1 is 1.19 bits per heavy atom. The minimum atomic E-state index is -0.428. The molecule has 1 aliphatic rings. The number of halogens is 2. The summed E-state index contributed by atoms with van der Waals surface area (Å²) in [6.45, 7) is 7.59. The van der Waals surface area contributed by atoms with Gasteiger partial charge in [-0.15, -0.1) is 0 Å². The van der Waals surface area contributed by atoms with Crippen LogP contribution in [0.5, 0.6) is 0 Å². The molecule has 144 valence electrons. The van der Waals surface area contributed by atoms with Crippen LogP contribution >= 0.6 is 11.6 Å². The van der Waals surface area contributed by atoms with Gasteiger partial charge in [-0.2, -0.15) is 0 Å². The van der Waals surface area contributed by atoms with E-state index in [-0.39, 0.29) is 18.3 Å². The van der Waals surface area contributed by atoms with Gasteiger partial charge in [0.2, 0.25) is 5.91 Å². The van der Waals surface area contributed by atoms with E-state index in [1.807, 2.05) is 12.1 Å². The maximum atomic E-state index is 14.5. The van der Waals surface area contributed by atoms with Gasteiger partial charge in [0, 0.05) is 29.4 Å². The molecule has 0 fully saturated rings. The lowest BCUT2D eigenvalue weighted by atomic mass is 9.96. The summed E-state index contributed by atoms with van der Waals surface area (Å²) in [6.07, 6.45) is 0. The number of nitrogens with zero attached hydrogens (tertiary/aromatic N) is 2. The smallest absolute Gasteiger partial charge is 0.241 e. The highest BCUT2D eigenvalue weighted by Crippen LogP contribution is 2.35. The van der Waals surface area contributed by atoms with Gasteiger partial charge < -0.3 is 9.80 Å². The summed E-state index contributed by atoms with van der Waals surface area (Å²) in [5.74, 6) is -0.325. The molecule has 1 amide bonds. The van der Waals surface area contributed by atoms with E-state index in [0.717, 1.165) is 30.9 Å². The average Bonchev–Trinajstić information content (AvgIpc) is 2.80. The van der Waals surface area contributed by atoms with Crippen molar-refractivity contribution >= 4 is 23.2 Å². The molecular formula is C21H25ClFN3O. The summed E-state index contributed by atoms with van der Waals surface area (Å²) in [5, 5.41) is 3.78. The number of carbonyl (C=O) groups excluding carboxylic acids is 1. The molecule has 1 heterocycles. The predicted molar refractivity (Wildman–Crippen MR) is 108 cm³/mol. The number of likely N-dealkylation sites (N-methyl/N-ethyl adjacent to an activating group) is 1. The molecule has 6 heteroatoms. The van der Waals surface area contributed by atoms with Gasteiger partial charge in [-0.05, 0) is 42.9 Å². The molecule has 0 spiro atoms. The van der Waals surface area contributed by atoms with Crippen LogP contribution in [0.15, 0.2) is 42.5 Å². The van der Waals surface area contributed by atoms with Crippen molar-refractivity contribution in [3.05, 3.63) is 64.4 Å². The number of benzene rings is 2. The number of anilines is 1. The first-order valence-corrected chi connectivity index (χ1v) is 9.72. The Morgan fingerprint density at radius 3 is 2.63 bits per heavy atom. The quantitative estimate of drug-likeness (QED) is 0.815. The monoisotopic (exact) mass is 389 g/mol. The molecule has 27 heavy (non-hydrogen) atoms. The van der Waals surface area contributed by atoms with Crippen LogP contribution in [0.1, 0.15) is 31.0 Å². The van der Waals surface area contributed by atoms with Crippen molar-refractivity contribution in [3.8, 4) is 0 Å². The average molecular weight is 390 g/mol. The molecule has 4 nitrogen and oxygen atoms in total. The van der Waals surface area contributed by atoms with Crippen LogP contribution in [-0.2, 0) is 4.79 Å². The van der Waals surface area contributed by atoms with Crippen molar-refractivity contribution < 1.29 is 9.18 Å². The number of nitrogens with one attached hydrogen (secondary N) is 1. The van der Waals surface area contributed by atoms with Crippen molar-refractivity contribution in [1.29, 1.82) is 0 Å². The topological polar surface area (TPSA) is 35.6 Å². The SMILES string of the molecule is CCN(CC)CCN1C(=O)CNC(c2ccccc2F)c2cc(Cl)ccc21. The Hall–Kier alpha value is -1.95. The van der Waals surface area contributed by atoms with Gasteiger partial charge in [0.05, 0.1) is 12.6 Å². The highest BCUT2D eigenvalue weighted by Gasteiger charge is 2.30. The summed E-state index contributed by atoms with van der Waals surface area (Å²) in [4.78, 5) is 16.9. The van der Waals surface area contributed by atoms with E-state index in [4.69, 9.17) is 11.6 Å². The van der Waals surface area contributed by atoms with E-state index in [2.05, 4.69) is 24.1 Å². The van der Waals surface area contributed by atoms with E-state index in [9.17, 15) is 9.18 Å². The van der Waals surface area contributed by atoms with Crippen LogP contribution < -0.4 is 10.2 Å². The lowest BCUT2D eigenvalue weighted by molar-refractivity contribution is -0.117. The van der Waals surface area contributed by atoms with Crippen LogP contribution in [0, 0.1) is 5.82 Å². The number of rotatable bonds is 6. The first-order valence-electron chi connectivity index (χ1n) is 9.35. The second-order valence-electron chi connectivity index (χ2n) is 6.61. The summed E-state index contributed by atoms with van der Waals surface area (Å²) in [6, 6.07) is 11.7. The lowest BCUT2D eigenvalue weighted by Gasteiger charge is -2.27. The van der Waals surface area contributed by atoms with E-state index < -0.39 is 6.04 Å². The fraction of sp³-hybridized carbons (Fsp3) is 0.381. The molecule has 0 saturated heterocycles. The van der Waals surface area contributed by atoms with Gasteiger partial charge in [0.1, 0.15) is 5.82 Å². The molecule has 0 aromatic heterocycles. The maximum absolute atomic E-state index is 14.5. The molecule has 0 saturated carbocycles. The molecule has 1 aliphatic heterocycles. The number of fused-ring (bicyclic) bond motifs is 1. The zero-order valence-corrected chi connectivity index (χ0v) is 16.5. The molecule has 0 aliphatic carbocycles. The first kappa shape index (κ1) is 19.8. The fourth-order valence-corrected chi connectivity index (χ4v) is 3.73. The van der Waals surface area contributed by atoms with Crippen molar-refractivity contribution in [2.24, 2.45) is 0 Å². The fourth-order valence-electron chi connectivity index (χ4n) is 3.54. The van der Waals surface area contributed by atoms with Crippen LogP contribution in [0.25, 0.3) is 0 Å². The molecular weight excluding hydrogens is 365 g/mol. The normalized spacial score (nSPS) is 17.1. The molecule has 3 rings (SSSR count). The van der Waals surface area contributed by atoms with Crippen molar-refractivity contribution in [3.63, 3.8) is 0 Å². The van der Waals surface area contributed by atoms with Gasteiger partial charge in [0.25, 0.3) is 0 Å². The summed E-state index contributed by atoms with van der Waals surface area (Å²) in [7, 11) is 0. The summed E-state index contributed by atoms with van der Waals surface area (Å²) >= 11 is 6.25. The van der Waals surface area contributed by atoms with Gasteiger partial charge in [-0.1, -0.05) is 43.6 Å². The van der Waals surface area contributed by atoms with Gasteiger partial charge in [-0.25, -0.2) is 4.39 Å². The highest BCUT2D eigenvalue weighted by molar-refractivity contribution is 6.30. The summed E-state index contributed by atoms with van der Waals surface area (Å²) < 4.78 is 14.5.